The molecule has 142 valence electrons. The molecule has 0 spiro atoms. The van der Waals surface area contributed by atoms with Crippen molar-refractivity contribution in [3.05, 3.63) is 40.2 Å². The molecular formula is C18H21N5O3S. The number of aromatic amines is 1. The van der Waals surface area contributed by atoms with E-state index >= 15 is 0 Å². The number of nitriles is 1. The summed E-state index contributed by atoms with van der Waals surface area (Å²) >= 11 is 0. The molecule has 1 saturated heterocycles. The van der Waals surface area contributed by atoms with E-state index in [1.54, 1.807) is 12.1 Å². The summed E-state index contributed by atoms with van der Waals surface area (Å²) in [6.07, 6.45) is 3.19. The number of sulfonamides is 1. The molecule has 0 aliphatic carbocycles. The van der Waals surface area contributed by atoms with Gasteiger partial charge in [-0.1, -0.05) is 12.1 Å². The lowest BCUT2D eigenvalue weighted by Crippen LogP contribution is -2.33. The van der Waals surface area contributed by atoms with E-state index in [1.807, 2.05) is 11.0 Å². The monoisotopic (exact) mass is 387 g/mol. The van der Waals surface area contributed by atoms with E-state index in [0.29, 0.717) is 11.5 Å². The minimum Gasteiger partial charge on any atom is -0.342 e. The van der Waals surface area contributed by atoms with Crippen molar-refractivity contribution in [1.29, 1.82) is 5.26 Å². The Morgan fingerprint density at radius 2 is 1.78 bits per heavy atom. The van der Waals surface area contributed by atoms with Crippen LogP contribution in [0.5, 0.6) is 0 Å². The average molecular weight is 387 g/mol. The smallest absolute Gasteiger partial charge is 0.270 e. The van der Waals surface area contributed by atoms with Crippen LogP contribution in [0.1, 0.15) is 24.8 Å². The van der Waals surface area contributed by atoms with Gasteiger partial charge in [-0.25, -0.2) is 17.7 Å². The van der Waals surface area contributed by atoms with Crippen molar-refractivity contribution in [3.63, 3.8) is 0 Å². The Balaban J connectivity index is 2.06. The maximum absolute atomic E-state index is 12.4. The van der Waals surface area contributed by atoms with E-state index in [9.17, 15) is 18.5 Å². The summed E-state index contributed by atoms with van der Waals surface area (Å²) in [4.78, 5) is 21.7. The van der Waals surface area contributed by atoms with Crippen molar-refractivity contribution >= 4 is 16.0 Å². The predicted octanol–water partition coefficient (Wildman–Crippen LogP) is 1.55. The van der Waals surface area contributed by atoms with Gasteiger partial charge in [-0.2, -0.15) is 5.26 Å². The summed E-state index contributed by atoms with van der Waals surface area (Å²) < 4.78 is 25.6. The van der Waals surface area contributed by atoms with Crippen LogP contribution in [0.3, 0.4) is 0 Å². The zero-order valence-corrected chi connectivity index (χ0v) is 16.1. The summed E-state index contributed by atoms with van der Waals surface area (Å²) in [6, 6.07) is 7.95. The van der Waals surface area contributed by atoms with Crippen molar-refractivity contribution in [2.24, 2.45) is 0 Å². The van der Waals surface area contributed by atoms with Crippen molar-refractivity contribution < 1.29 is 8.42 Å². The number of rotatable bonds is 4. The molecule has 9 heteroatoms. The molecule has 0 radical (unpaired) electrons. The molecule has 1 aromatic carbocycles. The van der Waals surface area contributed by atoms with E-state index < -0.39 is 15.6 Å². The molecule has 0 saturated carbocycles. The molecule has 1 aliphatic rings. The third-order valence-corrected chi connectivity index (χ3v) is 6.41. The van der Waals surface area contributed by atoms with Crippen LogP contribution < -0.4 is 10.5 Å². The fraction of sp³-hybridized carbons (Fsp3) is 0.389. The van der Waals surface area contributed by atoms with Gasteiger partial charge in [0.1, 0.15) is 11.6 Å². The summed E-state index contributed by atoms with van der Waals surface area (Å²) in [5.74, 6) is 0.443. The van der Waals surface area contributed by atoms with Crippen LogP contribution in [-0.2, 0) is 10.0 Å². The van der Waals surface area contributed by atoms with Gasteiger partial charge in [0.2, 0.25) is 16.0 Å². The van der Waals surface area contributed by atoms with Crippen LogP contribution in [-0.4, -0.2) is 49.9 Å². The molecular weight excluding hydrogens is 366 g/mol. The van der Waals surface area contributed by atoms with Gasteiger partial charge in [-0.15, -0.1) is 0 Å². The van der Waals surface area contributed by atoms with Crippen LogP contribution in [0.25, 0.3) is 11.3 Å². The van der Waals surface area contributed by atoms with Gasteiger partial charge in [0.25, 0.3) is 5.56 Å². The van der Waals surface area contributed by atoms with E-state index in [0.717, 1.165) is 36.7 Å². The van der Waals surface area contributed by atoms with Gasteiger partial charge in [0, 0.05) is 32.7 Å². The number of H-pyrrole nitrogens is 1. The maximum atomic E-state index is 12.4. The second kappa shape index (κ2) is 7.50. The number of hydrogen-bond donors (Lipinski definition) is 1. The highest BCUT2D eigenvalue weighted by molar-refractivity contribution is 7.89. The van der Waals surface area contributed by atoms with Crippen molar-refractivity contribution in [2.45, 2.75) is 24.2 Å². The molecule has 1 aliphatic heterocycles. The summed E-state index contributed by atoms with van der Waals surface area (Å²) in [5, 5.41) is 9.39. The van der Waals surface area contributed by atoms with Crippen molar-refractivity contribution in [2.75, 3.05) is 32.1 Å². The van der Waals surface area contributed by atoms with Crippen molar-refractivity contribution in [3.8, 4) is 17.3 Å². The topological polar surface area (TPSA) is 110 Å². The van der Waals surface area contributed by atoms with E-state index in [2.05, 4.69) is 9.97 Å². The quantitative estimate of drug-likeness (QED) is 0.852. The number of piperidine rings is 1. The Hall–Kier alpha value is -2.70. The standard InChI is InChI=1S/C18H21N5O3S/c1-22(2)27(25,26)14-8-6-13(7-9-14)16-15(12-19)17(24)21-18(20-16)23-10-4-3-5-11-23/h6-9H,3-5,10-11H2,1-2H3,(H,20,21,24). The lowest BCUT2D eigenvalue weighted by molar-refractivity contribution is 0.521. The minimum absolute atomic E-state index is 0.0843. The summed E-state index contributed by atoms with van der Waals surface area (Å²) in [6.45, 7) is 1.60. The number of nitrogens with zero attached hydrogens (tertiary/aromatic N) is 4. The van der Waals surface area contributed by atoms with Crippen LogP contribution in [0, 0.1) is 11.3 Å². The molecule has 27 heavy (non-hydrogen) atoms. The van der Waals surface area contributed by atoms with E-state index in [4.69, 9.17) is 0 Å². The van der Waals surface area contributed by atoms with E-state index in [-0.39, 0.29) is 16.2 Å². The Labute approximate surface area is 158 Å². The Morgan fingerprint density at radius 3 is 2.33 bits per heavy atom. The molecule has 1 fully saturated rings. The van der Waals surface area contributed by atoms with E-state index in [1.165, 1.54) is 26.2 Å². The molecule has 0 bridgehead atoms. The molecule has 0 unspecified atom stereocenters. The minimum atomic E-state index is -3.55. The predicted molar refractivity (Wildman–Crippen MR) is 102 cm³/mol. The van der Waals surface area contributed by atoms with Gasteiger partial charge < -0.3 is 4.90 Å². The third-order valence-electron chi connectivity index (χ3n) is 4.58. The van der Waals surface area contributed by atoms with Crippen LogP contribution in [0.4, 0.5) is 5.95 Å². The fourth-order valence-corrected chi connectivity index (χ4v) is 3.93. The first-order valence-corrected chi connectivity index (χ1v) is 10.1. The molecule has 3 rings (SSSR count). The van der Waals surface area contributed by atoms with Crippen LogP contribution >= 0.6 is 0 Å². The number of benzene rings is 1. The average Bonchev–Trinajstić information content (AvgIpc) is 2.68. The zero-order chi connectivity index (χ0) is 19.6. The summed E-state index contributed by atoms with van der Waals surface area (Å²) in [7, 11) is -0.636. The second-order valence-electron chi connectivity index (χ2n) is 6.58. The van der Waals surface area contributed by atoms with Gasteiger partial charge in [0.15, 0.2) is 0 Å². The number of anilines is 1. The Morgan fingerprint density at radius 1 is 1.15 bits per heavy atom. The van der Waals surface area contributed by atoms with Crippen molar-refractivity contribution in [1.82, 2.24) is 14.3 Å². The zero-order valence-electron chi connectivity index (χ0n) is 15.3. The molecule has 1 aromatic heterocycles. The number of aromatic nitrogens is 2. The summed E-state index contributed by atoms with van der Waals surface area (Å²) in [5.41, 5.74) is 0.205. The molecule has 2 aromatic rings. The molecule has 1 N–H and O–H groups in total. The van der Waals surface area contributed by atoms with Crippen LogP contribution in [0.2, 0.25) is 0 Å². The largest absolute Gasteiger partial charge is 0.342 e. The highest BCUT2D eigenvalue weighted by Gasteiger charge is 2.20. The van der Waals surface area contributed by atoms with Gasteiger partial charge in [0.05, 0.1) is 10.6 Å². The fourth-order valence-electron chi connectivity index (χ4n) is 3.03. The normalized spacial score (nSPS) is 15.0. The molecule has 0 atom stereocenters. The molecule has 8 nitrogen and oxygen atoms in total. The Bertz CT molecular complexity index is 1030. The van der Waals surface area contributed by atoms with Crippen LogP contribution in [0.15, 0.2) is 34.0 Å². The second-order valence-corrected chi connectivity index (χ2v) is 8.74. The first kappa shape index (κ1) is 19.1. The maximum Gasteiger partial charge on any atom is 0.270 e. The first-order valence-electron chi connectivity index (χ1n) is 8.67. The number of nitrogens with one attached hydrogen (secondary N) is 1. The highest BCUT2D eigenvalue weighted by atomic mass is 32.2. The first-order chi connectivity index (χ1) is 12.8. The lowest BCUT2D eigenvalue weighted by Gasteiger charge is -2.27. The number of hydrogen-bond acceptors (Lipinski definition) is 6. The Kier molecular flexibility index (Phi) is 5.30. The molecule has 0 amide bonds. The third kappa shape index (κ3) is 3.72. The van der Waals surface area contributed by atoms with Gasteiger partial charge >= 0.3 is 0 Å². The van der Waals surface area contributed by atoms with Gasteiger partial charge in [-0.3, -0.25) is 9.78 Å². The lowest BCUT2D eigenvalue weighted by atomic mass is 10.1. The SMILES string of the molecule is CN(C)S(=O)(=O)c1ccc(-c2nc(N3CCCCC3)[nH]c(=O)c2C#N)cc1. The molecule has 2 heterocycles. The highest BCUT2D eigenvalue weighted by Crippen LogP contribution is 2.24. The van der Waals surface area contributed by atoms with Gasteiger partial charge in [-0.05, 0) is 31.4 Å².